The van der Waals surface area contributed by atoms with Gasteiger partial charge in [0.05, 0.1) is 0 Å². The van der Waals surface area contributed by atoms with Crippen LogP contribution in [0.1, 0.15) is 5.56 Å². The summed E-state index contributed by atoms with van der Waals surface area (Å²) in [6.45, 7) is 0.595. The molecule has 0 aliphatic carbocycles. The van der Waals surface area contributed by atoms with E-state index < -0.39 is 0 Å². The van der Waals surface area contributed by atoms with Crippen LogP contribution in [0.15, 0.2) is 71.5 Å². The molecule has 2 aromatic heterocycles. The summed E-state index contributed by atoms with van der Waals surface area (Å²) in [6.07, 6.45) is 4.38. The third kappa shape index (κ3) is 4.27. The van der Waals surface area contributed by atoms with Crippen molar-refractivity contribution in [1.29, 1.82) is 0 Å². The molecule has 0 spiro atoms. The third-order valence-electron chi connectivity index (χ3n) is 4.39. The van der Waals surface area contributed by atoms with E-state index in [1.165, 1.54) is 0 Å². The van der Waals surface area contributed by atoms with Gasteiger partial charge in [-0.15, -0.1) is 0 Å². The van der Waals surface area contributed by atoms with Crippen molar-refractivity contribution >= 4 is 28.2 Å². The summed E-state index contributed by atoms with van der Waals surface area (Å²) in [5.41, 5.74) is 8.34. The van der Waals surface area contributed by atoms with Crippen molar-refractivity contribution in [3.8, 4) is 11.3 Å². The molecule has 27 heavy (non-hydrogen) atoms. The predicted octanol–water partition coefficient (Wildman–Crippen LogP) is 4.53. The van der Waals surface area contributed by atoms with Crippen LogP contribution in [0.5, 0.6) is 0 Å². The number of nitrogens with zero attached hydrogens (tertiary/aromatic N) is 2. The smallest absolute Gasteiger partial charge is 0.170 e. The summed E-state index contributed by atoms with van der Waals surface area (Å²) in [5, 5.41) is 10.3. The van der Waals surface area contributed by atoms with Crippen LogP contribution >= 0.6 is 11.6 Å². The zero-order chi connectivity index (χ0) is 18.6. The summed E-state index contributed by atoms with van der Waals surface area (Å²) >= 11 is 5.91. The van der Waals surface area contributed by atoms with E-state index in [4.69, 9.17) is 21.9 Å². The van der Waals surface area contributed by atoms with Crippen LogP contribution in [0.3, 0.4) is 0 Å². The second-order valence-electron chi connectivity index (χ2n) is 6.49. The van der Waals surface area contributed by atoms with E-state index in [2.05, 4.69) is 21.5 Å². The number of aromatic nitrogens is 2. The van der Waals surface area contributed by atoms with E-state index in [1.807, 2.05) is 54.7 Å². The van der Waals surface area contributed by atoms with E-state index in [-0.39, 0.29) is 6.04 Å². The average Bonchev–Trinajstić information content (AvgIpc) is 3.17. The van der Waals surface area contributed by atoms with E-state index in [0.29, 0.717) is 18.1 Å². The highest BCUT2D eigenvalue weighted by molar-refractivity contribution is 6.30. The molecule has 0 saturated carbocycles. The normalized spacial score (nSPS) is 12.2. The lowest BCUT2D eigenvalue weighted by atomic mass is 10.1. The Hall–Kier alpha value is -2.89. The van der Waals surface area contributed by atoms with Gasteiger partial charge in [-0.25, -0.2) is 0 Å². The number of hydrogen-bond donors (Lipinski definition) is 2. The SMILES string of the molecule is NC(CNc1cc(-c2ccc3cnccc3c2)on1)Cc1ccc(Cl)cc1. The van der Waals surface area contributed by atoms with Crippen LogP contribution in [0.2, 0.25) is 5.02 Å². The maximum absolute atomic E-state index is 6.21. The van der Waals surface area contributed by atoms with Crippen molar-refractivity contribution < 1.29 is 4.52 Å². The molecular formula is C21H19ClN4O. The highest BCUT2D eigenvalue weighted by Crippen LogP contribution is 2.26. The maximum Gasteiger partial charge on any atom is 0.170 e. The van der Waals surface area contributed by atoms with Crippen LogP contribution in [0.25, 0.3) is 22.1 Å². The highest BCUT2D eigenvalue weighted by Gasteiger charge is 2.09. The van der Waals surface area contributed by atoms with Crippen molar-refractivity contribution in [3.05, 3.63) is 77.6 Å². The molecule has 136 valence electrons. The Morgan fingerprint density at radius 1 is 1.04 bits per heavy atom. The first-order valence-corrected chi connectivity index (χ1v) is 9.10. The fourth-order valence-electron chi connectivity index (χ4n) is 2.96. The number of fused-ring (bicyclic) bond motifs is 1. The van der Waals surface area contributed by atoms with Crippen molar-refractivity contribution in [1.82, 2.24) is 10.1 Å². The molecule has 6 heteroatoms. The molecule has 2 heterocycles. The van der Waals surface area contributed by atoms with Crippen molar-refractivity contribution in [2.75, 3.05) is 11.9 Å². The Morgan fingerprint density at radius 2 is 1.89 bits per heavy atom. The Kier molecular flexibility index (Phi) is 5.05. The molecule has 2 aromatic carbocycles. The summed E-state index contributed by atoms with van der Waals surface area (Å²) in [5.74, 6) is 1.38. The van der Waals surface area contributed by atoms with Crippen LogP contribution < -0.4 is 11.1 Å². The molecule has 1 atom stereocenters. The molecular weight excluding hydrogens is 360 g/mol. The molecule has 4 aromatic rings. The van der Waals surface area contributed by atoms with Gasteiger partial charge in [-0.3, -0.25) is 4.98 Å². The fraction of sp³-hybridized carbons (Fsp3) is 0.143. The quantitative estimate of drug-likeness (QED) is 0.515. The molecule has 0 amide bonds. The first-order chi connectivity index (χ1) is 13.2. The minimum absolute atomic E-state index is 0.0421. The van der Waals surface area contributed by atoms with Crippen molar-refractivity contribution in [2.45, 2.75) is 12.5 Å². The first kappa shape index (κ1) is 17.5. The highest BCUT2D eigenvalue weighted by atomic mass is 35.5. The standard InChI is InChI=1S/C21H19ClN4O/c22-18-5-1-14(2-6-18)9-19(23)13-25-21-11-20(27-26-21)16-3-4-17-12-24-8-7-15(17)10-16/h1-8,10-12,19H,9,13,23H2,(H,25,26). The zero-order valence-electron chi connectivity index (χ0n) is 14.6. The topological polar surface area (TPSA) is 77.0 Å². The minimum atomic E-state index is -0.0421. The molecule has 0 saturated heterocycles. The summed E-state index contributed by atoms with van der Waals surface area (Å²) in [6, 6.07) is 17.6. The molecule has 1 unspecified atom stereocenters. The number of anilines is 1. The van der Waals surface area contributed by atoms with Gasteiger partial charge in [-0.2, -0.15) is 0 Å². The maximum atomic E-state index is 6.21. The van der Waals surface area contributed by atoms with Gasteiger partial charge in [0, 0.05) is 47.0 Å². The molecule has 3 N–H and O–H groups in total. The number of hydrogen-bond acceptors (Lipinski definition) is 5. The Labute approximate surface area is 162 Å². The number of pyridine rings is 1. The van der Waals surface area contributed by atoms with E-state index in [9.17, 15) is 0 Å². The number of nitrogens with one attached hydrogen (secondary N) is 1. The summed E-state index contributed by atoms with van der Waals surface area (Å²) in [4.78, 5) is 4.13. The van der Waals surface area contributed by atoms with Gasteiger partial charge in [0.15, 0.2) is 11.6 Å². The van der Waals surface area contributed by atoms with Gasteiger partial charge in [-0.1, -0.05) is 41.0 Å². The number of halogens is 1. The average molecular weight is 379 g/mol. The molecule has 0 aliphatic rings. The molecule has 0 fully saturated rings. The fourth-order valence-corrected chi connectivity index (χ4v) is 3.09. The minimum Gasteiger partial charge on any atom is -0.366 e. The second kappa shape index (κ2) is 7.78. The number of nitrogens with two attached hydrogens (primary N) is 1. The van der Waals surface area contributed by atoms with E-state index >= 15 is 0 Å². The number of rotatable bonds is 6. The van der Waals surface area contributed by atoms with Crippen LogP contribution in [-0.4, -0.2) is 22.7 Å². The Bertz CT molecular complexity index is 1050. The largest absolute Gasteiger partial charge is 0.366 e. The van der Waals surface area contributed by atoms with Crippen molar-refractivity contribution in [3.63, 3.8) is 0 Å². The van der Waals surface area contributed by atoms with Gasteiger partial charge in [0.2, 0.25) is 0 Å². The van der Waals surface area contributed by atoms with E-state index in [0.717, 1.165) is 33.3 Å². The lowest BCUT2D eigenvalue weighted by Crippen LogP contribution is -2.31. The lowest BCUT2D eigenvalue weighted by molar-refractivity contribution is 0.434. The van der Waals surface area contributed by atoms with E-state index in [1.54, 1.807) is 6.20 Å². The molecule has 4 rings (SSSR count). The monoisotopic (exact) mass is 378 g/mol. The first-order valence-electron chi connectivity index (χ1n) is 8.72. The molecule has 0 radical (unpaired) electrons. The van der Waals surface area contributed by atoms with Crippen molar-refractivity contribution in [2.24, 2.45) is 5.73 Å². The third-order valence-corrected chi connectivity index (χ3v) is 4.64. The summed E-state index contributed by atoms with van der Waals surface area (Å²) < 4.78 is 5.48. The summed E-state index contributed by atoms with van der Waals surface area (Å²) in [7, 11) is 0. The van der Waals surface area contributed by atoms with Crippen LogP contribution in [-0.2, 0) is 6.42 Å². The Morgan fingerprint density at radius 3 is 2.74 bits per heavy atom. The molecule has 0 aliphatic heterocycles. The lowest BCUT2D eigenvalue weighted by Gasteiger charge is -2.12. The Balaban J connectivity index is 1.39. The van der Waals surface area contributed by atoms with Gasteiger partial charge in [-0.05, 0) is 41.6 Å². The van der Waals surface area contributed by atoms with Gasteiger partial charge < -0.3 is 15.6 Å². The zero-order valence-corrected chi connectivity index (χ0v) is 15.4. The van der Waals surface area contributed by atoms with Gasteiger partial charge in [0.1, 0.15) is 0 Å². The van der Waals surface area contributed by atoms with Crippen LogP contribution in [0.4, 0.5) is 5.82 Å². The molecule has 5 nitrogen and oxygen atoms in total. The number of benzene rings is 2. The molecule has 0 bridgehead atoms. The second-order valence-corrected chi connectivity index (χ2v) is 6.92. The van der Waals surface area contributed by atoms with Gasteiger partial charge in [0.25, 0.3) is 0 Å². The predicted molar refractivity (Wildman–Crippen MR) is 109 cm³/mol. The van der Waals surface area contributed by atoms with Gasteiger partial charge >= 0.3 is 0 Å². The van der Waals surface area contributed by atoms with Crippen LogP contribution in [0, 0.1) is 0 Å².